The van der Waals surface area contributed by atoms with Crippen LogP contribution in [-0.4, -0.2) is 23.0 Å². The highest BCUT2D eigenvalue weighted by Gasteiger charge is 2.17. The van der Waals surface area contributed by atoms with Crippen molar-refractivity contribution in [2.45, 2.75) is 20.8 Å². The molecular formula is C10H16N4O. The summed E-state index contributed by atoms with van der Waals surface area (Å²) >= 11 is 0. The summed E-state index contributed by atoms with van der Waals surface area (Å²) in [5, 5.41) is 17.0. The Labute approximate surface area is 88.4 Å². The van der Waals surface area contributed by atoms with Crippen molar-refractivity contribution >= 4 is 11.4 Å². The standard InChI is InChI=1S/C10H16N4O/c1-5(2)8(11)7-9(12-4)6(3)13-14-10(7)15/h5,11H,1-4H3,(H2,12,14,15). The molecule has 0 spiro atoms. The zero-order valence-electron chi connectivity index (χ0n) is 9.43. The van der Waals surface area contributed by atoms with Crippen LogP contribution in [-0.2, 0) is 0 Å². The van der Waals surface area contributed by atoms with Crippen LogP contribution in [0.2, 0.25) is 0 Å². The first-order chi connectivity index (χ1) is 6.99. The maximum absolute atomic E-state index is 11.6. The topological polar surface area (TPSA) is 81.6 Å². The van der Waals surface area contributed by atoms with Gasteiger partial charge in [-0.2, -0.15) is 5.10 Å². The number of aromatic amines is 1. The zero-order chi connectivity index (χ0) is 11.6. The van der Waals surface area contributed by atoms with Gasteiger partial charge in [-0.1, -0.05) is 13.8 Å². The van der Waals surface area contributed by atoms with Crippen molar-refractivity contribution in [1.82, 2.24) is 10.2 Å². The Morgan fingerprint density at radius 2 is 2.13 bits per heavy atom. The highest BCUT2D eigenvalue weighted by atomic mass is 16.1. The van der Waals surface area contributed by atoms with E-state index in [0.29, 0.717) is 22.7 Å². The molecule has 1 aromatic heterocycles. The van der Waals surface area contributed by atoms with Gasteiger partial charge in [0.2, 0.25) is 0 Å². The second kappa shape index (κ2) is 4.25. The van der Waals surface area contributed by atoms with E-state index in [9.17, 15) is 4.79 Å². The van der Waals surface area contributed by atoms with Gasteiger partial charge in [-0.3, -0.25) is 4.79 Å². The Balaban J connectivity index is 3.45. The molecule has 3 N–H and O–H groups in total. The average molecular weight is 208 g/mol. The van der Waals surface area contributed by atoms with E-state index in [-0.39, 0.29) is 11.5 Å². The average Bonchev–Trinajstić information content (AvgIpc) is 2.19. The molecule has 0 saturated carbocycles. The van der Waals surface area contributed by atoms with Crippen molar-refractivity contribution in [3.63, 3.8) is 0 Å². The number of aryl methyl sites for hydroxylation is 1. The Bertz CT molecular complexity index is 434. The van der Waals surface area contributed by atoms with Gasteiger partial charge in [0, 0.05) is 12.8 Å². The predicted octanol–water partition coefficient (Wildman–Crippen LogP) is 1.14. The molecule has 0 aromatic carbocycles. The van der Waals surface area contributed by atoms with Crippen molar-refractivity contribution in [1.29, 1.82) is 5.41 Å². The van der Waals surface area contributed by atoms with E-state index in [1.165, 1.54) is 0 Å². The van der Waals surface area contributed by atoms with E-state index < -0.39 is 0 Å². The van der Waals surface area contributed by atoms with Gasteiger partial charge >= 0.3 is 0 Å². The van der Waals surface area contributed by atoms with E-state index in [4.69, 9.17) is 5.41 Å². The van der Waals surface area contributed by atoms with Crippen molar-refractivity contribution in [2.24, 2.45) is 5.92 Å². The lowest BCUT2D eigenvalue weighted by Gasteiger charge is -2.12. The fourth-order valence-corrected chi connectivity index (χ4v) is 1.39. The summed E-state index contributed by atoms with van der Waals surface area (Å²) in [7, 11) is 1.72. The molecule has 0 aliphatic carbocycles. The number of hydrogen-bond acceptors (Lipinski definition) is 4. The zero-order valence-corrected chi connectivity index (χ0v) is 9.43. The maximum atomic E-state index is 11.6. The third-order valence-electron chi connectivity index (χ3n) is 2.26. The number of anilines is 1. The van der Waals surface area contributed by atoms with Crippen LogP contribution in [0.1, 0.15) is 25.1 Å². The van der Waals surface area contributed by atoms with Gasteiger partial charge in [0.25, 0.3) is 5.56 Å². The number of aromatic nitrogens is 2. The molecule has 0 fully saturated rings. The van der Waals surface area contributed by atoms with Gasteiger partial charge in [0.05, 0.1) is 16.9 Å². The number of rotatable bonds is 3. The van der Waals surface area contributed by atoms with E-state index in [0.717, 1.165) is 0 Å². The molecule has 1 heterocycles. The first kappa shape index (κ1) is 11.4. The second-order valence-corrected chi connectivity index (χ2v) is 3.71. The molecule has 0 bridgehead atoms. The fraction of sp³-hybridized carbons (Fsp3) is 0.500. The SMILES string of the molecule is CNc1c(C)n[nH]c(=O)c1C(=N)C(C)C. The molecule has 0 amide bonds. The molecule has 0 aliphatic rings. The highest BCUT2D eigenvalue weighted by Crippen LogP contribution is 2.16. The Morgan fingerprint density at radius 3 is 2.60 bits per heavy atom. The summed E-state index contributed by atoms with van der Waals surface area (Å²) in [4.78, 5) is 11.6. The van der Waals surface area contributed by atoms with Crippen molar-refractivity contribution < 1.29 is 0 Å². The molecule has 5 heteroatoms. The molecule has 0 aliphatic heterocycles. The van der Waals surface area contributed by atoms with Crippen LogP contribution < -0.4 is 10.9 Å². The van der Waals surface area contributed by atoms with Gasteiger partial charge in [0.15, 0.2) is 0 Å². The molecule has 0 radical (unpaired) electrons. The van der Waals surface area contributed by atoms with Crippen LogP contribution in [0.5, 0.6) is 0 Å². The van der Waals surface area contributed by atoms with Crippen molar-refractivity contribution in [2.75, 3.05) is 12.4 Å². The predicted molar refractivity (Wildman–Crippen MR) is 60.8 cm³/mol. The fourth-order valence-electron chi connectivity index (χ4n) is 1.39. The summed E-state index contributed by atoms with van der Waals surface area (Å²) in [6.07, 6.45) is 0. The third kappa shape index (κ3) is 2.06. The molecule has 0 unspecified atom stereocenters. The molecule has 0 saturated heterocycles. The second-order valence-electron chi connectivity index (χ2n) is 3.71. The van der Waals surface area contributed by atoms with Crippen LogP contribution in [0, 0.1) is 18.3 Å². The summed E-state index contributed by atoms with van der Waals surface area (Å²) in [6, 6.07) is 0. The smallest absolute Gasteiger partial charge is 0.275 e. The van der Waals surface area contributed by atoms with E-state index in [2.05, 4.69) is 15.5 Å². The number of H-pyrrole nitrogens is 1. The van der Waals surface area contributed by atoms with Gasteiger partial charge in [-0.15, -0.1) is 0 Å². The van der Waals surface area contributed by atoms with Crippen molar-refractivity contribution in [3.05, 3.63) is 21.6 Å². The van der Waals surface area contributed by atoms with Gasteiger partial charge in [0.1, 0.15) is 0 Å². The summed E-state index contributed by atoms with van der Waals surface area (Å²) in [5.41, 5.74) is 1.73. The third-order valence-corrected chi connectivity index (χ3v) is 2.26. The maximum Gasteiger partial charge on any atom is 0.275 e. The molecule has 82 valence electrons. The Kier molecular flexibility index (Phi) is 3.24. The largest absolute Gasteiger partial charge is 0.386 e. The first-order valence-corrected chi connectivity index (χ1v) is 4.84. The van der Waals surface area contributed by atoms with E-state index in [1.54, 1.807) is 14.0 Å². The minimum absolute atomic E-state index is 0.0139. The lowest BCUT2D eigenvalue weighted by atomic mass is 9.99. The van der Waals surface area contributed by atoms with Gasteiger partial charge in [-0.25, -0.2) is 5.10 Å². The number of hydrogen-bond donors (Lipinski definition) is 3. The minimum Gasteiger partial charge on any atom is -0.386 e. The molecular weight excluding hydrogens is 192 g/mol. The van der Waals surface area contributed by atoms with Crippen LogP contribution >= 0.6 is 0 Å². The molecule has 1 rings (SSSR count). The lowest BCUT2D eigenvalue weighted by molar-refractivity contribution is 0.866. The highest BCUT2D eigenvalue weighted by molar-refractivity contribution is 6.04. The van der Waals surface area contributed by atoms with Gasteiger partial charge < -0.3 is 10.7 Å². The van der Waals surface area contributed by atoms with E-state index in [1.807, 2.05) is 13.8 Å². The summed E-state index contributed by atoms with van der Waals surface area (Å²) < 4.78 is 0. The number of nitrogens with one attached hydrogen (secondary N) is 3. The summed E-state index contributed by atoms with van der Waals surface area (Å²) in [6.45, 7) is 5.56. The van der Waals surface area contributed by atoms with Crippen molar-refractivity contribution in [3.8, 4) is 0 Å². The first-order valence-electron chi connectivity index (χ1n) is 4.84. The molecule has 0 atom stereocenters. The minimum atomic E-state index is -0.316. The monoisotopic (exact) mass is 208 g/mol. The van der Waals surface area contributed by atoms with Crippen LogP contribution in [0.4, 0.5) is 5.69 Å². The quantitative estimate of drug-likeness (QED) is 0.651. The molecule has 1 aromatic rings. The number of nitrogens with zero attached hydrogens (tertiary/aromatic N) is 1. The van der Waals surface area contributed by atoms with Crippen LogP contribution in [0.15, 0.2) is 4.79 Å². The van der Waals surface area contributed by atoms with Crippen LogP contribution in [0.3, 0.4) is 0 Å². The lowest BCUT2D eigenvalue weighted by Crippen LogP contribution is -2.25. The molecule has 15 heavy (non-hydrogen) atoms. The molecule has 5 nitrogen and oxygen atoms in total. The Morgan fingerprint density at radius 1 is 1.53 bits per heavy atom. The van der Waals surface area contributed by atoms with Crippen LogP contribution in [0.25, 0.3) is 0 Å². The van der Waals surface area contributed by atoms with E-state index >= 15 is 0 Å². The van der Waals surface area contributed by atoms with Gasteiger partial charge in [-0.05, 0) is 12.8 Å². The Hall–Kier alpha value is -1.65. The summed E-state index contributed by atoms with van der Waals surface area (Å²) in [5.74, 6) is 0.0139. The normalized spacial score (nSPS) is 10.5.